The summed E-state index contributed by atoms with van der Waals surface area (Å²) in [6.07, 6.45) is 0.581. The van der Waals surface area contributed by atoms with E-state index in [2.05, 4.69) is 15.0 Å². The van der Waals surface area contributed by atoms with E-state index in [4.69, 9.17) is 10.5 Å². The number of nitrogens with two attached hydrogens (primary N) is 1. The van der Waals surface area contributed by atoms with E-state index in [1.165, 1.54) is 7.11 Å². The van der Waals surface area contributed by atoms with E-state index in [-0.39, 0.29) is 18.2 Å². The highest BCUT2D eigenvalue weighted by Crippen LogP contribution is 2.30. The number of methoxy groups -OCH3 is 1. The number of alkyl carbamates (subject to hydrolysis) is 1. The lowest BCUT2D eigenvalue weighted by molar-refractivity contribution is 0.167. The number of ether oxygens (including phenoxy) is 2. The summed E-state index contributed by atoms with van der Waals surface area (Å²) in [5.41, 5.74) is 7.62. The molecular weight excluding hydrogens is 270 g/mol. The highest BCUT2D eigenvalue weighted by atomic mass is 16.5. The molecule has 3 N–H and O–H groups in total. The predicted octanol–water partition coefficient (Wildman–Crippen LogP) is 1.99. The van der Waals surface area contributed by atoms with Gasteiger partial charge in [-0.1, -0.05) is 0 Å². The monoisotopic (exact) mass is 293 g/mol. The fourth-order valence-electron chi connectivity index (χ4n) is 2.41. The number of nitrogens with zero attached hydrogens (tertiary/aromatic N) is 1. The van der Waals surface area contributed by atoms with Gasteiger partial charge < -0.3 is 25.4 Å². The second-order valence-electron chi connectivity index (χ2n) is 5.46. The highest BCUT2D eigenvalue weighted by molar-refractivity contribution is 5.68. The predicted molar refractivity (Wildman–Crippen MR) is 82.8 cm³/mol. The molecule has 1 unspecified atom stereocenters. The molecule has 2 rings (SSSR count). The largest absolute Gasteiger partial charge is 0.489 e. The Morgan fingerprint density at radius 3 is 2.90 bits per heavy atom. The van der Waals surface area contributed by atoms with E-state index in [0.29, 0.717) is 11.4 Å². The number of hydrogen-bond donors (Lipinski definition) is 2. The number of nitrogen functional groups attached to an aromatic ring is 1. The molecule has 0 aromatic heterocycles. The molecule has 0 radical (unpaired) electrons. The lowest BCUT2D eigenvalue weighted by atomic mass is 10.2. The molecule has 1 aromatic carbocycles. The molecule has 1 aliphatic rings. The molecule has 1 amide bonds. The second kappa shape index (κ2) is 6.56. The van der Waals surface area contributed by atoms with Crippen LogP contribution in [0.1, 0.15) is 20.3 Å². The molecule has 1 aromatic rings. The molecule has 1 atom stereocenters. The van der Waals surface area contributed by atoms with Crippen LogP contribution in [0, 0.1) is 0 Å². The van der Waals surface area contributed by atoms with E-state index >= 15 is 0 Å². The standard InChI is InChI=1S/C15H23N3O3/c1-10(2)21-14-8-12(4-5-13(14)16)18-7-6-11(9-18)17-15(19)20-3/h4-5,8,10-11H,6-7,9,16H2,1-3H3,(H,17,19). The molecule has 1 heterocycles. The van der Waals surface area contributed by atoms with Gasteiger partial charge in [-0.15, -0.1) is 0 Å². The third-order valence-corrected chi connectivity index (χ3v) is 3.42. The first kappa shape index (κ1) is 15.3. The van der Waals surface area contributed by atoms with Crippen molar-refractivity contribution in [1.82, 2.24) is 5.32 Å². The molecule has 0 saturated carbocycles. The van der Waals surface area contributed by atoms with Gasteiger partial charge in [0.1, 0.15) is 5.75 Å². The van der Waals surface area contributed by atoms with Crippen molar-refractivity contribution >= 4 is 17.5 Å². The number of benzene rings is 1. The first-order valence-corrected chi connectivity index (χ1v) is 7.15. The van der Waals surface area contributed by atoms with Gasteiger partial charge in [-0.2, -0.15) is 0 Å². The van der Waals surface area contributed by atoms with Crippen molar-refractivity contribution < 1.29 is 14.3 Å². The van der Waals surface area contributed by atoms with Gasteiger partial charge in [0.15, 0.2) is 0 Å². The number of carbonyl (C=O) groups is 1. The fraction of sp³-hybridized carbons (Fsp3) is 0.533. The minimum absolute atomic E-state index is 0.0786. The van der Waals surface area contributed by atoms with Crippen molar-refractivity contribution in [2.75, 3.05) is 30.8 Å². The molecule has 1 aliphatic heterocycles. The van der Waals surface area contributed by atoms with Gasteiger partial charge in [0.05, 0.1) is 24.9 Å². The van der Waals surface area contributed by atoms with Gasteiger partial charge in [0.2, 0.25) is 0 Å². The van der Waals surface area contributed by atoms with Crippen molar-refractivity contribution in [2.45, 2.75) is 32.4 Å². The van der Waals surface area contributed by atoms with E-state index in [9.17, 15) is 4.79 Å². The molecular formula is C15H23N3O3. The lowest BCUT2D eigenvalue weighted by Crippen LogP contribution is -2.36. The Kier molecular flexibility index (Phi) is 4.77. The van der Waals surface area contributed by atoms with Crippen LogP contribution in [-0.2, 0) is 4.74 Å². The summed E-state index contributed by atoms with van der Waals surface area (Å²) in [6, 6.07) is 5.89. The molecule has 6 nitrogen and oxygen atoms in total. The van der Waals surface area contributed by atoms with Crippen LogP contribution in [0.5, 0.6) is 5.75 Å². The Morgan fingerprint density at radius 2 is 2.24 bits per heavy atom. The molecule has 1 fully saturated rings. The summed E-state index contributed by atoms with van der Waals surface area (Å²) in [7, 11) is 1.37. The number of amides is 1. The van der Waals surface area contributed by atoms with Crippen molar-refractivity contribution in [1.29, 1.82) is 0 Å². The van der Waals surface area contributed by atoms with Crippen LogP contribution in [0.3, 0.4) is 0 Å². The van der Waals surface area contributed by atoms with Crippen LogP contribution < -0.4 is 20.7 Å². The van der Waals surface area contributed by atoms with E-state index in [1.807, 2.05) is 32.0 Å². The first-order valence-electron chi connectivity index (χ1n) is 7.15. The van der Waals surface area contributed by atoms with Gasteiger partial charge in [-0.3, -0.25) is 0 Å². The maximum absolute atomic E-state index is 11.2. The SMILES string of the molecule is COC(=O)NC1CCN(c2ccc(N)c(OC(C)C)c2)C1. The zero-order valence-electron chi connectivity index (χ0n) is 12.8. The van der Waals surface area contributed by atoms with Gasteiger partial charge in [0.25, 0.3) is 0 Å². The van der Waals surface area contributed by atoms with E-state index in [1.54, 1.807) is 0 Å². The van der Waals surface area contributed by atoms with Crippen LogP contribution in [0.4, 0.5) is 16.2 Å². The highest BCUT2D eigenvalue weighted by Gasteiger charge is 2.24. The Labute approximate surface area is 125 Å². The summed E-state index contributed by atoms with van der Waals surface area (Å²) in [5, 5.41) is 2.83. The molecule has 0 bridgehead atoms. The van der Waals surface area contributed by atoms with Crippen molar-refractivity contribution in [2.24, 2.45) is 0 Å². The van der Waals surface area contributed by atoms with E-state index < -0.39 is 0 Å². The average molecular weight is 293 g/mol. The van der Waals surface area contributed by atoms with Crippen LogP contribution in [0.15, 0.2) is 18.2 Å². The van der Waals surface area contributed by atoms with Crippen LogP contribution in [0.25, 0.3) is 0 Å². The summed E-state index contributed by atoms with van der Waals surface area (Å²) in [5.74, 6) is 0.701. The number of nitrogens with one attached hydrogen (secondary N) is 1. The zero-order valence-corrected chi connectivity index (χ0v) is 12.8. The van der Waals surface area contributed by atoms with Gasteiger partial charge >= 0.3 is 6.09 Å². The van der Waals surface area contributed by atoms with Crippen molar-refractivity contribution in [3.8, 4) is 5.75 Å². The second-order valence-corrected chi connectivity index (χ2v) is 5.46. The van der Waals surface area contributed by atoms with Crippen molar-refractivity contribution in [3.63, 3.8) is 0 Å². The van der Waals surface area contributed by atoms with Gasteiger partial charge in [-0.05, 0) is 32.4 Å². The number of carbonyl (C=O) groups excluding carboxylic acids is 1. The van der Waals surface area contributed by atoms with Gasteiger partial charge in [0, 0.05) is 24.8 Å². The summed E-state index contributed by atoms with van der Waals surface area (Å²) in [6.45, 7) is 5.57. The van der Waals surface area contributed by atoms with Crippen LogP contribution >= 0.6 is 0 Å². The Bertz CT molecular complexity index is 505. The van der Waals surface area contributed by atoms with Crippen LogP contribution in [0.2, 0.25) is 0 Å². The lowest BCUT2D eigenvalue weighted by Gasteiger charge is -2.21. The fourth-order valence-corrected chi connectivity index (χ4v) is 2.41. The molecule has 6 heteroatoms. The number of rotatable bonds is 4. The molecule has 21 heavy (non-hydrogen) atoms. The minimum atomic E-state index is -0.386. The normalized spacial score (nSPS) is 17.9. The van der Waals surface area contributed by atoms with Crippen LogP contribution in [-0.4, -0.2) is 38.4 Å². The number of hydrogen-bond acceptors (Lipinski definition) is 5. The Hall–Kier alpha value is -2.11. The first-order chi connectivity index (χ1) is 9.99. The molecule has 1 saturated heterocycles. The Morgan fingerprint density at radius 1 is 1.48 bits per heavy atom. The Balaban J connectivity index is 2.04. The summed E-state index contributed by atoms with van der Waals surface area (Å²) < 4.78 is 10.3. The molecule has 116 valence electrons. The third kappa shape index (κ3) is 3.93. The minimum Gasteiger partial charge on any atom is -0.489 e. The summed E-state index contributed by atoms with van der Waals surface area (Å²) >= 11 is 0. The van der Waals surface area contributed by atoms with Crippen molar-refractivity contribution in [3.05, 3.63) is 18.2 Å². The molecule has 0 spiro atoms. The third-order valence-electron chi connectivity index (χ3n) is 3.42. The quantitative estimate of drug-likeness (QED) is 0.830. The molecule has 0 aliphatic carbocycles. The average Bonchev–Trinajstić information content (AvgIpc) is 2.89. The van der Waals surface area contributed by atoms with Gasteiger partial charge in [-0.25, -0.2) is 4.79 Å². The number of anilines is 2. The zero-order chi connectivity index (χ0) is 15.4. The maximum atomic E-state index is 11.2. The smallest absolute Gasteiger partial charge is 0.407 e. The van der Waals surface area contributed by atoms with E-state index in [0.717, 1.165) is 25.2 Å². The maximum Gasteiger partial charge on any atom is 0.407 e. The summed E-state index contributed by atoms with van der Waals surface area (Å²) in [4.78, 5) is 13.4. The topological polar surface area (TPSA) is 76.8 Å².